The van der Waals surface area contributed by atoms with Gasteiger partial charge >= 0.3 is 0 Å². The van der Waals surface area contributed by atoms with Crippen molar-refractivity contribution in [3.63, 3.8) is 0 Å². The fourth-order valence-electron chi connectivity index (χ4n) is 14.4. The first-order chi connectivity index (χ1) is 38.6. The predicted octanol–water partition coefficient (Wildman–Crippen LogP) is 22.0. The Bertz CT molecular complexity index is 4700. The summed E-state index contributed by atoms with van der Waals surface area (Å²) >= 11 is 0. The van der Waals surface area contributed by atoms with Gasteiger partial charge in [0.2, 0.25) is 0 Å². The van der Waals surface area contributed by atoms with Crippen LogP contribution in [0.15, 0.2) is 255 Å². The molecule has 0 fully saturated rings. The molecule has 0 amide bonds. The molecule has 17 rings (SSSR count). The third kappa shape index (κ3) is 5.89. The topological polar surface area (TPSA) is 0 Å². The number of fused-ring (bicyclic) bond motifs is 10. The van der Waals surface area contributed by atoms with Crippen molar-refractivity contribution < 1.29 is 0 Å². The van der Waals surface area contributed by atoms with Gasteiger partial charge in [-0.15, -0.1) is 0 Å². The molecule has 0 bridgehead atoms. The second kappa shape index (κ2) is 16.3. The zero-order valence-corrected chi connectivity index (χ0v) is 43.2. The molecule has 360 valence electrons. The monoisotopic (exact) mass is 984 g/mol. The Morgan fingerprint density at radius 1 is 0.154 bits per heavy atom. The molecule has 0 saturated carbocycles. The number of aryl methyl sites for hydroxylation is 2. The summed E-state index contributed by atoms with van der Waals surface area (Å²) in [5, 5.41) is 15.7. The van der Waals surface area contributed by atoms with Crippen LogP contribution in [0.1, 0.15) is 11.1 Å². The van der Waals surface area contributed by atoms with E-state index in [9.17, 15) is 0 Å². The van der Waals surface area contributed by atoms with Gasteiger partial charge in [-0.1, -0.05) is 266 Å². The van der Waals surface area contributed by atoms with E-state index < -0.39 is 0 Å². The average molecular weight is 985 g/mol. The summed E-state index contributed by atoms with van der Waals surface area (Å²) in [5.41, 5.74) is 28.1. The fourth-order valence-corrected chi connectivity index (χ4v) is 14.4. The fraction of sp³-hybridized carbons (Fsp3) is 0.0256. The summed E-state index contributed by atoms with van der Waals surface area (Å²) in [7, 11) is 0. The van der Waals surface area contributed by atoms with Crippen molar-refractivity contribution in [3.8, 4) is 111 Å². The van der Waals surface area contributed by atoms with E-state index in [1.54, 1.807) is 0 Å². The molecule has 0 spiro atoms. The van der Waals surface area contributed by atoms with Gasteiger partial charge in [0.05, 0.1) is 0 Å². The van der Waals surface area contributed by atoms with E-state index in [0.29, 0.717) is 0 Å². The zero-order valence-electron chi connectivity index (χ0n) is 43.2. The molecule has 0 atom stereocenters. The zero-order chi connectivity index (χ0) is 51.3. The van der Waals surface area contributed by atoms with Crippen molar-refractivity contribution in [3.05, 3.63) is 266 Å². The Morgan fingerprint density at radius 3 is 0.782 bits per heavy atom. The van der Waals surface area contributed by atoms with Crippen LogP contribution in [-0.4, -0.2) is 0 Å². The van der Waals surface area contributed by atoms with E-state index >= 15 is 0 Å². The summed E-state index contributed by atoms with van der Waals surface area (Å²) < 4.78 is 0. The van der Waals surface area contributed by atoms with E-state index in [1.807, 2.05) is 0 Å². The molecule has 0 heteroatoms. The molecule has 15 aromatic rings. The first-order valence-corrected chi connectivity index (χ1v) is 27.4. The van der Waals surface area contributed by atoms with Gasteiger partial charge in [0, 0.05) is 0 Å². The Hall–Kier alpha value is -9.88. The maximum Gasteiger partial charge on any atom is -0.000718 e. The number of rotatable bonds is 6. The quantitative estimate of drug-likeness (QED) is 0.115. The van der Waals surface area contributed by atoms with Gasteiger partial charge in [0.25, 0.3) is 0 Å². The normalized spacial score (nSPS) is 12.2. The van der Waals surface area contributed by atoms with Crippen molar-refractivity contribution in [2.45, 2.75) is 13.8 Å². The third-order valence-corrected chi connectivity index (χ3v) is 17.7. The highest BCUT2D eigenvalue weighted by molar-refractivity contribution is 6.42. The molecule has 2 aliphatic rings. The Labute approximate surface area is 453 Å². The summed E-state index contributed by atoms with van der Waals surface area (Å²) in [6, 6.07) is 96.5. The molecular formula is C78H48. The molecule has 0 aliphatic heterocycles. The predicted molar refractivity (Wildman–Crippen MR) is 334 cm³/mol. The minimum absolute atomic E-state index is 1.22. The first kappa shape index (κ1) is 43.4. The highest BCUT2D eigenvalue weighted by Gasteiger charge is 2.36. The van der Waals surface area contributed by atoms with Gasteiger partial charge in [-0.05, 0) is 190 Å². The summed E-state index contributed by atoms with van der Waals surface area (Å²) in [6.07, 6.45) is 0. The lowest BCUT2D eigenvalue weighted by Crippen LogP contribution is -1.95. The minimum Gasteiger partial charge on any atom is -0.0622 e. The van der Waals surface area contributed by atoms with E-state index in [-0.39, 0.29) is 0 Å². The van der Waals surface area contributed by atoms with Crippen molar-refractivity contribution in [1.82, 2.24) is 0 Å². The SMILES string of the molecule is Cc1ccc(-c2c3c(c(-c4ccccc4-c4ccccc4)c4ccccc24)-c2ccc4c5ccc6c7c(ccc(c8ccc-3c2c84)c75)-c2c-6c(-c3ccc(C)cc3)c3ccccc3c2-c2ccccc2-c2ccccc2)cc1. The van der Waals surface area contributed by atoms with Crippen LogP contribution in [0.2, 0.25) is 0 Å². The lowest BCUT2D eigenvalue weighted by molar-refractivity contribution is 1.47. The smallest absolute Gasteiger partial charge is 0.000718 e. The minimum atomic E-state index is 1.22. The van der Waals surface area contributed by atoms with Gasteiger partial charge in [-0.3, -0.25) is 0 Å². The molecule has 15 aromatic carbocycles. The second-order valence-electron chi connectivity index (χ2n) is 21.8. The number of benzene rings is 15. The number of hydrogen-bond acceptors (Lipinski definition) is 0. The van der Waals surface area contributed by atoms with E-state index in [2.05, 4.69) is 269 Å². The highest BCUT2D eigenvalue weighted by Crippen LogP contribution is 2.63. The van der Waals surface area contributed by atoms with Gasteiger partial charge in [0.15, 0.2) is 0 Å². The molecule has 2 aliphatic carbocycles. The lowest BCUT2D eigenvalue weighted by Gasteiger charge is -2.22. The third-order valence-electron chi connectivity index (χ3n) is 17.7. The molecule has 0 saturated heterocycles. The van der Waals surface area contributed by atoms with Crippen molar-refractivity contribution >= 4 is 64.6 Å². The van der Waals surface area contributed by atoms with Crippen molar-refractivity contribution in [2.75, 3.05) is 0 Å². The van der Waals surface area contributed by atoms with E-state index in [1.165, 1.54) is 187 Å². The van der Waals surface area contributed by atoms with Crippen LogP contribution < -0.4 is 0 Å². The Kier molecular flexibility index (Phi) is 9.07. The van der Waals surface area contributed by atoms with Crippen LogP contribution in [0.5, 0.6) is 0 Å². The molecular weight excluding hydrogens is 937 g/mol. The van der Waals surface area contributed by atoms with Gasteiger partial charge in [0.1, 0.15) is 0 Å². The standard InChI is InChI=1S/C78H48/c1-45-29-33-49(34-30-45)67-55-25-13-15-27-57(55)71(53-23-11-9-21-51(53)47-17-5-3-6-18-47)77-65-43-39-61-60-38-42-64-74-66(44-40-62(70(60)74)59-37-41-63(75(67)77)73(65)69(59)61)78-72(54-24-12-10-22-52(54)48-19-7-4-8-20-48)58-28-16-14-26-56(58)68(76(64)78)50-35-31-46(2)32-36-50/h3-44H,1-2H3. The molecule has 0 radical (unpaired) electrons. The molecule has 0 N–H and O–H groups in total. The largest absolute Gasteiger partial charge is 0.0622 e. The average Bonchev–Trinajstić information content (AvgIpc) is 4.10. The van der Waals surface area contributed by atoms with E-state index in [0.717, 1.165) is 0 Å². The van der Waals surface area contributed by atoms with E-state index in [4.69, 9.17) is 0 Å². The molecule has 0 heterocycles. The lowest BCUT2D eigenvalue weighted by atomic mass is 9.81. The molecule has 0 unspecified atom stereocenters. The molecule has 0 nitrogen and oxygen atoms in total. The highest BCUT2D eigenvalue weighted by atomic mass is 14.4. The van der Waals surface area contributed by atoms with Crippen LogP contribution in [0.25, 0.3) is 176 Å². The maximum atomic E-state index is 2.48. The van der Waals surface area contributed by atoms with Crippen LogP contribution in [0.3, 0.4) is 0 Å². The Balaban J connectivity index is 0.991. The second-order valence-corrected chi connectivity index (χ2v) is 21.8. The van der Waals surface area contributed by atoms with Crippen LogP contribution in [0, 0.1) is 13.8 Å². The maximum absolute atomic E-state index is 2.48. The molecule has 0 aromatic heterocycles. The van der Waals surface area contributed by atoms with Gasteiger partial charge in [-0.2, -0.15) is 0 Å². The first-order valence-electron chi connectivity index (χ1n) is 27.4. The Morgan fingerprint density at radius 2 is 0.436 bits per heavy atom. The number of hydrogen-bond donors (Lipinski definition) is 0. The van der Waals surface area contributed by atoms with Crippen molar-refractivity contribution in [1.29, 1.82) is 0 Å². The van der Waals surface area contributed by atoms with Gasteiger partial charge in [-0.25, -0.2) is 0 Å². The summed E-state index contributed by atoms with van der Waals surface area (Å²) in [5.74, 6) is 0. The molecule has 78 heavy (non-hydrogen) atoms. The van der Waals surface area contributed by atoms with Crippen LogP contribution >= 0.6 is 0 Å². The summed E-state index contributed by atoms with van der Waals surface area (Å²) in [6.45, 7) is 4.38. The van der Waals surface area contributed by atoms with Crippen molar-refractivity contribution in [2.24, 2.45) is 0 Å². The summed E-state index contributed by atoms with van der Waals surface area (Å²) in [4.78, 5) is 0. The van der Waals surface area contributed by atoms with Crippen LogP contribution in [0.4, 0.5) is 0 Å². The van der Waals surface area contributed by atoms with Crippen LogP contribution in [-0.2, 0) is 0 Å². The van der Waals surface area contributed by atoms with Gasteiger partial charge < -0.3 is 0 Å².